The first kappa shape index (κ1) is 17.7. The van der Waals surface area contributed by atoms with Gasteiger partial charge in [0.25, 0.3) is 5.69 Å². The van der Waals surface area contributed by atoms with E-state index in [1.165, 1.54) is 6.92 Å². The van der Waals surface area contributed by atoms with Gasteiger partial charge in [-0.2, -0.15) is 12.6 Å². The highest BCUT2D eigenvalue weighted by Crippen LogP contribution is 2.31. The lowest BCUT2D eigenvalue weighted by Gasteiger charge is -2.14. The van der Waals surface area contributed by atoms with Crippen LogP contribution in [0.15, 0.2) is 18.2 Å². The van der Waals surface area contributed by atoms with Crippen LogP contribution in [0, 0.1) is 20.2 Å². The quantitative estimate of drug-likeness (QED) is 0.335. The van der Waals surface area contributed by atoms with Gasteiger partial charge in [0.2, 0.25) is 0 Å². The minimum atomic E-state index is -0.759. The van der Waals surface area contributed by atoms with Gasteiger partial charge in [-0.15, -0.1) is 0 Å². The molecule has 10 heteroatoms. The Balaban J connectivity index is 2.74. The van der Waals surface area contributed by atoms with Crippen LogP contribution in [0.1, 0.15) is 13.3 Å². The highest BCUT2D eigenvalue weighted by Gasteiger charge is 2.21. The Kier molecular flexibility index (Phi) is 6.57. The maximum atomic E-state index is 10.9. The summed E-state index contributed by atoms with van der Waals surface area (Å²) in [6.45, 7) is 1.30. The van der Waals surface area contributed by atoms with Crippen LogP contribution in [0.3, 0.4) is 0 Å². The molecule has 0 aliphatic carbocycles. The van der Waals surface area contributed by atoms with E-state index in [2.05, 4.69) is 12.6 Å². The molecule has 22 heavy (non-hydrogen) atoms. The number of nitro benzene ring substituents is 2. The Morgan fingerprint density at radius 2 is 2.00 bits per heavy atom. The Hall–Kier alpha value is -2.36. The van der Waals surface area contributed by atoms with Crippen molar-refractivity contribution >= 4 is 30.0 Å². The summed E-state index contributed by atoms with van der Waals surface area (Å²) in [5.41, 5.74) is -0.892. The van der Waals surface area contributed by atoms with Crippen molar-refractivity contribution in [3.63, 3.8) is 0 Å². The Morgan fingerprint density at radius 1 is 1.32 bits per heavy atom. The molecule has 120 valence electrons. The van der Waals surface area contributed by atoms with Gasteiger partial charge in [0.15, 0.2) is 5.75 Å². The Labute approximate surface area is 130 Å². The number of carbonyl (C=O) groups is 1. The van der Waals surface area contributed by atoms with Gasteiger partial charge in [0.1, 0.15) is 6.10 Å². The van der Waals surface area contributed by atoms with Crippen molar-refractivity contribution in [3.05, 3.63) is 38.4 Å². The average molecular weight is 330 g/mol. The van der Waals surface area contributed by atoms with E-state index in [-0.39, 0.29) is 24.5 Å². The lowest BCUT2D eigenvalue weighted by Crippen LogP contribution is -2.21. The molecule has 0 amide bonds. The number of benzene rings is 1. The molecule has 1 unspecified atom stereocenters. The number of carbonyl (C=O) groups excluding carboxylic acids is 1. The molecule has 0 aliphatic heterocycles. The first-order valence-corrected chi connectivity index (χ1v) is 6.82. The lowest BCUT2D eigenvalue weighted by atomic mass is 10.2. The zero-order chi connectivity index (χ0) is 16.7. The second kappa shape index (κ2) is 8.17. The van der Waals surface area contributed by atoms with Gasteiger partial charge in [-0.3, -0.25) is 25.0 Å². The van der Waals surface area contributed by atoms with Gasteiger partial charge in [0.05, 0.1) is 22.5 Å². The maximum absolute atomic E-state index is 10.9. The molecule has 0 aromatic heterocycles. The van der Waals surface area contributed by atoms with E-state index in [1.807, 2.05) is 0 Å². The molecule has 0 saturated heterocycles. The summed E-state index contributed by atoms with van der Waals surface area (Å²) >= 11 is 4.02. The van der Waals surface area contributed by atoms with Gasteiger partial charge in [0, 0.05) is 25.2 Å². The molecule has 9 nitrogen and oxygen atoms in total. The summed E-state index contributed by atoms with van der Waals surface area (Å²) in [7, 11) is 0. The Morgan fingerprint density at radius 3 is 2.50 bits per heavy atom. The average Bonchev–Trinajstić information content (AvgIpc) is 2.45. The van der Waals surface area contributed by atoms with E-state index < -0.39 is 33.3 Å². The van der Waals surface area contributed by atoms with Crippen LogP contribution in [0.25, 0.3) is 0 Å². The number of hydrogen-bond donors (Lipinski definition) is 1. The summed E-state index contributed by atoms with van der Waals surface area (Å²) in [6, 6.07) is 3.11. The third-order valence-corrected chi connectivity index (χ3v) is 2.99. The molecule has 1 aromatic rings. The van der Waals surface area contributed by atoms with Crippen LogP contribution < -0.4 is 4.74 Å². The number of nitro groups is 2. The fourth-order valence-electron chi connectivity index (χ4n) is 1.61. The number of non-ortho nitro benzene ring substituents is 1. The van der Waals surface area contributed by atoms with Crippen LogP contribution in [0.4, 0.5) is 11.4 Å². The lowest BCUT2D eigenvalue weighted by molar-refractivity contribution is -0.394. The number of esters is 1. The second-order valence-electron chi connectivity index (χ2n) is 4.22. The second-order valence-corrected chi connectivity index (χ2v) is 4.58. The SMILES string of the molecule is CC(=O)OC(CS)CCOc1ccc([N+](=O)[O-])cc1[N+](=O)[O-]. The minimum absolute atomic E-state index is 0.0388. The summed E-state index contributed by atoms with van der Waals surface area (Å²) in [5.74, 6) is -0.262. The molecule has 0 bridgehead atoms. The molecule has 1 atom stereocenters. The van der Waals surface area contributed by atoms with Crippen LogP contribution >= 0.6 is 12.6 Å². The molecule has 0 spiro atoms. The molecule has 1 aromatic carbocycles. The van der Waals surface area contributed by atoms with Crippen LogP contribution in [-0.4, -0.2) is 34.3 Å². The molecule has 0 saturated carbocycles. The molecular weight excluding hydrogens is 316 g/mol. The number of thiol groups is 1. The smallest absolute Gasteiger partial charge is 0.317 e. The predicted molar refractivity (Wildman–Crippen MR) is 79.3 cm³/mol. The third kappa shape index (κ3) is 5.20. The topological polar surface area (TPSA) is 122 Å². The predicted octanol–water partition coefficient (Wildman–Crippen LogP) is 2.13. The van der Waals surface area contributed by atoms with Crippen molar-refractivity contribution in [2.45, 2.75) is 19.4 Å². The number of ether oxygens (including phenoxy) is 2. The van der Waals surface area contributed by atoms with Gasteiger partial charge in [-0.1, -0.05) is 0 Å². The van der Waals surface area contributed by atoms with Gasteiger partial charge >= 0.3 is 11.7 Å². The van der Waals surface area contributed by atoms with Crippen LogP contribution in [0.5, 0.6) is 5.75 Å². The van der Waals surface area contributed by atoms with Crippen LogP contribution in [0.2, 0.25) is 0 Å². The van der Waals surface area contributed by atoms with E-state index in [9.17, 15) is 25.0 Å². The zero-order valence-corrected chi connectivity index (χ0v) is 12.5. The summed E-state index contributed by atoms with van der Waals surface area (Å²) in [5, 5.41) is 21.5. The van der Waals surface area contributed by atoms with E-state index >= 15 is 0 Å². The van der Waals surface area contributed by atoms with Crippen molar-refractivity contribution in [2.75, 3.05) is 12.4 Å². The third-order valence-electron chi connectivity index (χ3n) is 2.58. The largest absolute Gasteiger partial charge is 0.487 e. The normalized spacial score (nSPS) is 11.5. The number of hydrogen-bond acceptors (Lipinski definition) is 8. The van der Waals surface area contributed by atoms with Crippen LogP contribution in [-0.2, 0) is 9.53 Å². The zero-order valence-electron chi connectivity index (χ0n) is 11.6. The molecule has 0 fully saturated rings. The van der Waals surface area contributed by atoms with Crippen molar-refractivity contribution in [2.24, 2.45) is 0 Å². The standard InChI is InChI=1S/C12H14N2O7S/c1-8(15)21-10(7-22)4-5-20-12-3-2-9(13(16)17)6-11(12)14(18)19/h2-3,6,10,22H,4-5,7H2,1H3. The van der Waals surface area contributed by atoms with Gasteiger partial charge in [-0.05, 0) is 6.07 Å². The maximum Gasteiger partial charge on any atom is 0.317 e. The molecule has 0 heterocycles. The fraction of sp³-hybridized carbons (Fsp3) is 0.417. The van der Waals surface area contributed by atoms with Gasteiger partial charge in [-0.25, -0.2) is 0 Å². The summed E-state index contributed by atoms with van der Waals surface area (Å²) in [6.07, 6.45) is -0.185. The van der Waals surface area contributed by atoms with Crippen molar-refractivity contribution in [1.82, 2.24) is 0 Å². The summed E-state index contributed by atoms with van der Waals surface area (Å²) in [4.78, 5) is 30.9. The summed E-state index contributed by atoms with van der Waals surface area (Å²) < 4.78 is 10.2. The van der Waals surface area contributed by atoms with E-state index in [4.69, 9.17) is 9.47 Å². The van der Waals surface area contributed by atoms with E-state index in [1.54, 1.807) is 0 Å². The van der Waals surface area contributed by atoms with Crippen molar-refractivity contribution < 1.29 is 24.1 Å². The van der Waals surface area contributed by atoms with Gasteiger partial charge < -0.3 is 9.47 Å². The fourth-order valence-corrected chi connectivity index (χ4v) is 1.86. The minimum Gasteiger partial charge on any atom is -0.487 e. The number of rotatable bonds is 8. The molecular formula is C12H14N2O7S. The molecule has 0 aliphatic rings. The highest BCUT2D eigenvalue weighted by atomic mass is 32.1. The highest BCUT2D eigenvalue weighted by molar-refractivity contribution is 7.80. The first-order chi connectivity index (χ1) is 10.3. The Bertz CT molecular complexity index is 579. The molecule has 0 N–H and O–H groups in total. The van der Waals surface area contributed by atoms with E-state index in [0.29, 0.717) is 0 Å². The molecule has 0 radical (unpaired) electrons. The monoisotopic (exact) mass is 330 g/mol. The number of nitrogens with zero attached hydrogens (tertiary/aromatic N) is 2. The first-order valence-electron chi connectivity index (χ1n) is 6.19. The van der Waals surface area contributed by atoms with E-state index in [0.717, 1.165) is 18.2 Å². The van der Waals surface area contributed by atoms with Crippen molar-refractivity contribution in [3.8, 4) is 5.75 Å². The van der Waals surface area contributed by atoms with Crippen molar-refractivity contribution in [1.29, 1.82) is 0 Å². The molecule has 1 rings (SSSR count).